The molecule has 0 bridgehead atoms. The fourth-order valence-electron chi connectivity index (χ4n) is 2.97. The number of carbonyl (C=O) groups is 1. The number of benzene rings is 1. The maximum atomic E-state index is 12.0. The lowest BCUT2D eigenvalue weighted by Gasteiger charge is -2.20. The Morgan fingerprint density at radius 1 is 1.03 bits per heavy atom. The Morgan fingerprint density at radius 3 is 2.53 bits per heavy atom. The van der Waals surface area contributed by atoms with Crippen LogP contribution in [0.5, 0.6) is 0 Å². The van der Waals surface area contributed by atoms with Crippen LogP contribution in [0.1, 0.15) is 12.2 Å². The quantitative estimate of drug-likeness (QED) is 0.184. The van der Waals surface area contributed by atoms with Gasteiger partial charge < -0.3 is 20.4 Å². The molecule has 1 aromatic carbocycles. The number of hydrogen-bond acceptors (Lipinski definition) is 5. The zero-order chi connectivity index (χ0) is 22.1. The van der Waals surface area contributed by atoms with E-state index < -0.39 is 0 Å². The van der Waals surface area contributed by atoms with Crippen molar-refractivity contribution in [2.45, 2.75) is 13.0 Å². The van der Waals surface area contributed by atoms with Crippen LogP contribution in [-0.2, 0) is 11.3 Å². The average Bonchev–Trinajstić information content (AvgIpc) is 3.21. The zero-order valence-corrected chi connectivity index (χ0v) is 21.1. The summed E-state index contributed by atoms with van der Waals surface area (Å²) in [6.07, 6.45) is 2.83. The number of likely N-dealkylation sites (N-methyl/N-ethyl adjacent to an activating group) is 1. The van der Waals surface area contributed by atoms with Gasteiger partial charge in [-0.2, -0.15) is 0 Å². The number of nitrogens with one attached hydrogen (secondary N) is 2. The number of hydrogen-bond donors (Lipinski definition) is 2. The van der Waals surface area contributed by atoms with Crippen LogP contribution in [-0.4, -0.2) is 72.1 Å². The molecule has 2 N–H and O–H groups in total. The SMILES string of the molecule is CN(C)C(=O)CNC(=NCc1nnc2ccccn12)NCCCN(C)c1ccccc1.I. The molecule has 0 unspecified atom stereocenters. The fourth-order valence-corrected chi connectivity index (χ4v) is 2.97. The van der Waals surface area contributed by atoms with Gasteiger partial charge in [0.05, 0.1) is 6.54 Å². The van der Waals surface area contributed by atoms with Gasteiger partial charge in [0.25, 0.3) is 0 Å². The molecule has 0 saturated carbocycles. The van der Waals surface area contributed by atoms with Gasteiger partial charge in [-0.15, -0.1) is 34.2 Å². The highest BCUT2D eigenvalue weighted by Gasteiger charge is 2.08. The molecule has 0 fully saturated rings. The first-order valence-electron chi connectivity index (χ1n) is 10.3. The van der Waals surface area contributed by atoms with Gasteiger partial charge in [-0.3, -0.25) is 9.20 Å². The summed E-state index contributed by atoms with van der Waals surface area (Å²) in [6.45, 7) is 2.14. The number of carbonyl (C=O) groups excluding carboxylic acids is 1. The number of pyridine rings is 1. The number of guanidine groups is 1. The van der Waals surface area contributed by atoms with Gasteiger partial charge in [0, 0.05) is 46.1 Å². The van der Waals surface area contributed by atoms with Crippen molar-refractivity contribution in [3.05, 3.63) is 60.6 Å². The van der Waals surface area contributed by atoms with E-state index in [9.17, 15) is 4.79 Å². The molecule has 0 spiro atoms. The summed E-state index contributed by atoms with van der Waals surface area (Å²) in [4.78, 5) is 20.3. The van der Waals surface area contributed by atoms with Gasteiger partial charge in [0.1, 0.15) is 6.54 Å². The Labute approximate surface area is 205 Å². The topological polar surface area (TPSA) is 90.2 Å². The van der Waals surface area contributed by atoms with Crippen molar-refractivity contribution >= 4 is 47.2 Å². The molecular formula is C22H31IN8O. The molecule has 0 aliphatic carbocycles. The molecule has 3 aromatic rings. The summed E-state index contributed by atoms with van der Waals surface area (Å²) in [5.74, 6) is 1.29. The molecule has 0 atom stereocenters. The Balaban J connectivity index is 0.00000363. The highest BCUT2D eigenvalue weighted by Crippen LogP contribution is 2.10. The Bertz CT molecular complexity index is 1010. The van der Waals surface area contributed by atoms with Gasteiger partial charge in [0.15, 0.2) is 17.4 Å². The molecule has 172 valence electrons. The summed E-state index contributed by atoms with van der Waals surface area (Å²) in [5, 5.41) is 14.8. The lowest BCUT2D eigenvalue weighted by Crippen LogP contribution is -2.43. The first kappa shape index (κ1) is 25.4. The van der Waals surface area contributed by atoms with Crippen molar-refractivity contribution in [2.24, 2.45) is 4.99 Å². The average molecular weight is 550 g/mol. The zero-order valence-electron chi connectivity index (χ0n) is 18.7. The van der Waals surface area contributed by atoms with E-state index in [1.165, 1.54) is 5.69 Å². The van der Waals surface area contributed by atoms with E-state index in [2.05, 4.69) is 49.9 Å². The van der Waals surface area contributed by atoms with Crippen molar-refractivity contribution in [2.75, 3.05) is 45.7 Å². The molecule has 1 amide bonds. The first-order valence-corrected chi connectivity index (χ1v) is 10.3. The van der Waals surface area contributed by atoms with Crippen LogP contribution >= 0.6 is 24.0 Å². The molecule has 9 nitrogen and oxygen atoms in total. The number of rotatable bonds is 9. The van der Waals surface area contributed by atoms with Gasteiger partial charge in [0.2, 0.25) is 5.91 Å². The predicted molar refractivity (Wildman–Crippen MR) is 139 cm³/mol. The third kappa shape index (κ3) is 7.36. The minimum atomic E-state index is -0.0220. The summed E-state index contributed by atoms with van der Waals surface area (Å²) < 4.78 is 1.90. The molecule has 0 saturated heterocycles. The normalized spacial score (nSPS) is 11.0. The summed E-state index contributed by atoms with van der Waals surface area (Å²) in [6, 6.07) is 16.0. The number of amides is 1. The minimum Gasteiger partial charge on any atom is -0.375 e. The van der Waals surface area contributed by atoms with Gasteiger partial charge in [-0.25, -0.2) is 4.99 Å². The van der Waals surface area contributed by atoms with Crippen LogP contribution in [0.3, 0.4) is 0 Å². The van der Waals surface area contributed by atoms with Crippen LogP contribution in [0.2, 0.25) is 0 Å². The van der Waals surface area contributed by atoms with E-state index in [0.29, 0.717) is 12.5 Å². The van der Waals surface area contributed by atoms with E-state index in [1.807, 2.05) is 47.0 Å². The molecule has 2 aromatic heterocycles. The van der Waals surface area contributed by atoms with E-state index in [4.69, 9.17) is 0 Å². The number of fused-ring (bicyclic) bond motifs is 1. The second kappa shape index (κ2) is 12.8. The second-order valence-electron chi connectivity index (χ2n) is 7.39. The lowest BCUT2D eigenvalue weighted by molar-refractivity contribution is -0.127. The van der Waals surface area contributed by atoms with Crippen molar-refractivity contribution < 1.29 is 4.79 Å². The molecule has 32 heavy (non-hydrogen) atoms. The molecule has 3 rings (SSSR count). The van der Waals surface area contributed by atoms with Crippen LogP contribution in [0, 0.1) is 0 Å². The fraction of sp³-hybridized carbons (Fsp3) is 0.364. The highest BCUT2D eigenvalue weighted by molar-refractivity contribution is 14.0. The van der Waals surface area contributed by atoms with Crippen molar-refractivity contribution in [1.82, 2.24) is 30.1 Å². The van der Waals surface area contributed by atoms with E-state index in [0.717, 1.165) is 31.0 Å². The number of anilines is 1. The lowest BCUT2D eigenvalue weighted by atomic mass is 10.3. The van der Waals surface area contributed by atoms with Gasteiger partial charge in [-0.05, 0) is 30.7 Å². The third-order valence-electron chi connectivity index (χ3n) is 4.83. The molecule has 0 radical (unpaired) electrons. The number of aliphatic imine (C=N–C) groups is 1. The summed E-state index contributed by atoms with van der Waals surface area (Å²) in [5.41, 5.74) is 1.96. The highest BCUT2D eigenvalue weighted by atomic mass is 127. The van der Waals surface area contributed by atoms with Gasteiger partial charge >= 0.3 is 0 Å². The first-order chi connectivity index (χ1) is 15.0. The molecular weight excluding hydrogens is 519 g/mol. The Hall–Kier alpha value is -2.89. The Kier molecular flexibility index (Phi) is 10.2. The standard InChI is InChI=1S/C22H30N8O.HI/c1-28(2)21(31)17-25-22(23-13-9-14-29(3)18-10-5-4-6-11-18)24-16-20-27-26-19-12-7-8-15-30(19)20;/h4-8,10-12,15H,9,13-14,16-17H2,1-3H3,(H2,23,24,25);1H. The monoisotopic (exact) mass is 550 g/mol. The predicted octanol–water partition coefficient (Wildman–Crippen LogP) is 2.00. The van der Waals surface area contributed by atoms with Crippen LogP contribution in [0.4, 0.5) is 5.69 Å². The van der Waals surface area contributed by atoms with Crippen molar-refractivity contribution in [3.63, 3.8) is 0 Å². The maximum absolute atomic E-state index is 12.0. The van der Waals surface area contributed by atoms with E-state index >= 15 is 0 Å². The number of halogens is 1. The Morgan fingerprint density at radius 2 is 1.78 bits per heavy atom. The largest absolute Gasteiger partial charge is 0.375 e. The second-order valence-corrected chi connectivity index (χ2v) is 7.39. The van der Waals surface area contributed by atoms with Crippen LogP contribution < -0.4 is 15.5 Å². The number of nitrogens with zero attached hydrogens (tertiary/aromatic N) is 6. The maximum Gasteiger partial charge on any atom is 0.241 e. The van der Waals surface area contributed by atoms with E-state index in [-0.39, 0.29) is 36.4 Å². The molecule has 10 heteroatoms. The molecule has 0 aliphatic rings. The third-order valence-corrected chi connectivity index (χ3v) is 4.83. The van der Waals surface area contributed by atoms with Crippen LogP contribution in [0.25, 0.3) is 5.65 Å². The molecule has 0 aliphatic heterocycles. The number of aromatic nitrogens is 3. The van der Waals surface area contributed by atoms with Crippen LogP contribution in [0.15, 0.2) is 59.7 Å². The number of para-hydroxylation sites is 1. The summed E-state index contributed by atoms with van der Waals surface area (Å²) >= 11 is 0. The van der Waals surface area contributed by atoms with Gasteiger partial charge in [-0.1, -0.05) is 24.3 Å². The smallest absolute Gasteiger partial charge is 0.241 e. The van der Waals surface area contributed by atoms with Crippen molar-refractivity contribution in [3.8, 4) is 0 Å². The minimum absolute atomic E-state index is 0. The molecule has 2 heterocycles. The van der Waals surface area contributed by atoms with E-state index in [1.54, 1.807) is 19.0 Å². The van der Waals surface area contributed by atoms with Crippen molar-refractivity contribution in [1.29, 1.82) is 0 Å². The summed E-state index contributed by atoms with van der Waals surface area (Å²) in [7, 11) is 5.54.